The third-order valence-electron chi connectivity index (χ3n) is 3.45. The van der Waals surface area contributed by atoms with Crippen LogP contribution in [0.15, 0.2) is 42.6 Å². The van der Waals surface area contributed by atoms with Crippen LogP contribution >= 0.6 is 0 Å². The van der Waals surface area contributed by atoms with E-state index < -0.39 is 0 Å². The molecule has 6 heteroatoms. The molecule has 3 rings (SSSR count). The summed E-state index contributed by atoms with van der Waals surface area (Å²) in [6, 6.07) is 13.8. The number of nitrogens with two attached hydrogens (primary N) is 1. The van der Waals surface area contributed by atoms with Crippen LogP contribution in [0.5, 0.6) is 0 Å². The Morgan fingerprint density at radius 2 is 1.91 bits per heavy atom. The highest BCUT2D eigenvalue weighted by atomic mass is 15.4. The number of anilines is 1. The Hall–Kier alpha value is -3.20. The molecule has 108 valence electrons. The molecule has 6 nitrogen and oxygen atoms in total. The largest absolute Gasteiger partial charge is 0.382 e. The van der Waals surface area contributed by atoms with Crippen molar-refractivity contribution in [2.75, 3.05) is 5.73 Å². The van der Waals surface area contributed by atoms with E-state index in [1.165, 1.54) is 16.4 Å². The maximum atomic E-state index is 8.89. The van der Waals surface area contributed by atoms with Crippen LogP contribution in [0.25, 0.3) is 17.1 Å². The summed E-state index contributed by atoms with van der Waals surface area (Å²) in [5, 5.41) is 21.3. The van der Waals surface area contributed by atoms with E-state index in [0.29, 0.717) is 11.4 Å². The Morgan fingerprint density at radius 1 is 1.14 bits per heavy atom. The minimum Gasteiger partial charge on any atom is -0.382 e. The molecule has 3 aromatic rings. The molecular formula is C16H14N6. The fourth-order valence-electron chi connectivity index (χ4n) is 2.13. The van der Waals surface area contributed by atoms with Crippen LogP contribution in [0, 0.1) is 11.3 Å². The van der Waals surface area contributed by atoms with E-state index >= 15 is 0 Å². The molecule has 0 unspecified atom stereocenters. The summed E-state index contributed by atoms with van der Waals surface area (Å²) in [5.74, 6) is 0.741. The van der Waals surface area contributed by atoms with E-state index in [-0.39, 0.29) is 5.82 Å². The van der Waals surface area contributed by atoms with Crippen molar-refractivity contribution < 1.29 is 0 Å². The predicted octanol–water partition coefficient (Wildman–Crippen LogP) is 2.35. The fourth-order valence-corrected chi connectivity index (χ4v) is 2.13. The van der Waals surface area contributed by atoms with E-state index in [1.54, 1.807) is 6.07 Å². The summed E-state index contributed by atoms with van der Waals surface area (Å²) in [4.78, 5) is 0. The summed E-state index contributed by atoms with van der Waals surface area (Å²) in [7, 11) is 0. The topological polar surface area (TPSA) is 93.4 Å². The van der Waals surface area contributed by atoms with Crippen molar-refractivity contribution in [3.63, 3.8) is 0 Å². The van der Waals surface area contributed by atoms with Crippen molar-refractivity contribution >= 4 is 5.82 Å². The number of aromatic nitrogens is 4. The van der Waals surface area contributed by atoms with Gasteiger partial charge in [0.1, 0.15) is 17.5 Å². The maximum absolute atomic E-state index is 8.89. The first kappa shape index (κ1) is 13.8. The van der Waals surface area contributed by atoms with Crippen molar-refractivity contribution in [3.05, 3.63) is 53.7 Å². The Bertz CT molecular complexity index is 825. The lowest BCUT2D eigenvalue weighted by Crippen LogP contribution is -2.05. The zero-order chi connectivity index (χ0) is 15.5. The van der Waals surface area contributed by atoms with E-state index in [0.717, 1.165) is 17.7 Å². The van der Waals surface area contributed by atoms with Gasteiger partial charge >= 0.3 is 0 Å². The lowest BCUT2D eigenvalue weighted by molar-refractivity contribution is 0.824. The SMILES string of the molecule is CCc1ccc(-c2ccc(-n3ncc(C#N)c3N)nn2)cc1. The molecular weight excluding hydrogens is 276 g/mol. The minimum absolute atomic E-state index is 0.261. The van der Waals surface area contributed by atoms with Gasteiger partial charge < -0.3 is 5.73 Å². The molecule has 2 N–H and O–H groups in total. The Kier molecular flexibility index (Phi) is 3.54. The molecule has 0 saturated carbocycles. The van der Waals surface area contributed by atoms with Crippen molar-refractivity contribution in [1.82, 2.24) is 20.0 Å². The molecule has 1 aromatic carbocycles. The van der Waals surface area contributed by atoms with Crippen molar-refractivity contribution in [2.24, 2.45) is 0 Å². The second-order valence-electron chi connectivity index (χ2n) is 4.79. The number of hydrogen-bond acceptors (Lipinski definition) is 5. The summed E-state index contributed by atoms with van der Waals surface area (Å²) in [5.41, 5.74) is 9.21. The third-order valence-corrected chi connectivity index (χ3v) is 3.45. The average Bonchev–Trinajstić information content (AvgIpc) is 2.96. The highest BCUT2D eigenvalue weighted by Crippen LogP contribution is 2.19. The first-order valence-electron chi connectivity index (χ1n) is 6.90. The van der Waals surface area contributed by atoms with Crippen LogP contribution in [0.4, 0.5) is 5.82 Å². The van der Waals surface area contributed by atoms with Gasteiger partial charge in [-0.05, 0) is 24.1 Å². The Morgan fingerprint density at radius 3 is 2.45 bits per heavy atom. The van der Waals surface area contributed by atoms with Gasteiger partial charge in [0.05, 0.1) is 11.9 Å². The van der Waals surface area contributed by atoms with Gasteiger partial charge in [0.15, 0.2) is 5.82 Å². The monoisotopic (exact) mass is 290 g/mol. The van der Waals surface area contributed by atoms with Crippen molar-refractivity contribution in [1.29, 1.82) is 5.26 Å². The average molecular weight is 290 g/mol. The molecule has 0 aliphatic rings. The number of benzene rings is 1. The smallest absolute Gasteiger partial charge is 0.178 e. The summed E-state index contributed by atoms with van der Waals surface area (Å²) in [6.07, 6.45) is 2.42. The molecule has 0 radical (unpaired) electrons. The molecule has 0 fully saturated rings. The van der Waals surface area contributed by atoms with Crippen LogP contribution in [-0.2, 0) is 6.42 Å². The highest BCUT2D eigenvalue weighted by Gasteiger charge is 2.10. The molecule has 0 saturated heterocycles. The second-order valence-corrected chi connectivity index (χ2v) is 4.79. The van der Waals surface area contributed by atoms with Gasteiger partial charge in [0.25, 0.3) is 0 Å². The summed E-state index contributed by atoms with van der Waals surface area (Å²) in [6.45, 7) is 2.12. The molecule has 2 heterocycles. The Balaban J connectivity index is 1.92. The number of aryl methyl sites for hydroxylation is 1. The zero-order valence-electron chi connectivity index (χ0n) is 12.1. The second kappa shape index (κ2) is 5.66. The number of nitriles is 1. The van der Waals surface area contributed by atoms with Crippen LogP contribution in [-0.4, -0.2) is 20.0 Å². The Labute approximate surface area is 127 Å². The third kappa shape index (κ3) is 2.40. The predicted molar refractivity (Wildman–Crippen MR) is 83.1 cm³/mol. The minimum atomic E-state index is 0.261. The van der Waals surface area contributed by atoms with Gasteiger partial charge in [-0.25, -0.2) is 0 Å². The first-order valence-corrected chi connectivity index (χ1v) is 6.90. The number of nitrogen functional groups attached to an aromatic ring is 1. The van der Waals surface area contributed by atoms with Crippen molar-refractivity contribution in [2.45, 2.75) is 13.3 Å². The van der Waals surface area contributed by atoms with Gasteiger partial charge in [-0.2, -0.15) is 15.0 Å². The van der Waals surface area contributed by atoms with Gasteiger partial charge in [-0.15, -0.1) is 10.2 Å². The molecule has 22 heavy (non-hydrogen) atoms. The van der Waals surface area contributed by atoms with Crippen LogP contribution < -0.4 is 5.73 Å². The van der Waals surface area contributed by atoms with Crippen LogP contribution in [0.2, 0.25) is 0 Å². The number of hydrogen-bond donors (Lipinski definition) is 1. The molecule has 2 aromatic heterocycles. The standard InChI is InChI=1S/C16H14N6/c1-2-11-3-5-12(6-4-11)14-7-8-15(21-20-14)22-16(18)13(9-17)10-19-22/h3-8,10H,2,18H2,1H3. The molecule has 0 bridgehead atoms. The lowest BCUT2D eigenvalue weighted by atomic mass is 10.1. The summed E-state index contributed by atoms with van der Waals surface area (Å²) < 4.78 is 1.40. The van der Waals surface area contributed by atoms with Crippen LogP contribution in [0.3, 0.4) is 0 Å². The van der Waals surface area contributed by atoms with E-state index in [2.05, 4.69) is 34.4 Å². The van der Waals surface area contributed by atoms with Crippen LogP contribution in [0.1, 0.15) is 18.1 Å². The lowest BCUT2D eigenvalue weighted by Gasteiger charge is -2.05. The van der Waals surface area contributed by atoms with Gasteiger partial charge in [0.2, 0.25) is 0 Å². The first-order chi connectivity index (χ1) is 10.7. The van der Waals surface area contributed by atoms with E-state index in [9.17, 15) is 0 Å². The summed E-state index contributed by atoms with van der Waals surface area (Å²) >= 11 is 0. The number of rotatable bonds is 3. The highest BCUT2D eigenvalue weighted by molar-refractivity contribution is 5.59. The molecule has 0 aliphatic heterocycles. The molecule has 0 atom stereocenters. The molecule has 0 amide bonds. The maximum Gasteiger partial charge on any atom is 0.178 e. The van der Waals surface area contributed by atoms with Gasteiger partial charge in [0, 0.05) is 5.56 Å². The van der Waals surface area contributed by atoms with Gasteiger partial charge in [-0.1, -0.05) is 31.2 Å². The molecule has 0 aliphatic carbocycles. The van der Waals surface area contributed by atoms with Crippen molar-refractivity contribution in [3.8, 4) is 23.1 Å². The van der Waals surface area contributed by atoms with E-state index in [4.69, 9.17) is 11.0 Å². The normalized spacial score (nSPS) is 10.4. The zero-order valence-corrected chi connectivity index (χ0v) is 12.1. The number of nitrogens with zero attached hydrogens (tertiary/aromatic N) is 5. The van der Waals surface area contributed by atoms with E-state index in [1.807, 2.05) is 24.3 Å². The van der Waals surface area contributed by atoms with Gasteiger partial charge in [-0.3, -0.25) is 0 Å². The quantitative estimate of drug-likeness (QED) is 0.799. The fraction of sp³-hybridized carbons (Fsp3) is 0.125. The molecule has 0 spiro atoms.